The van der Waals surface area contributed by atoms with E-state index in [1.807, 2.05) is 6.92 Å². The third-order valence-electron chi connectivity index (χ3n) is 2.13. The smallest absolute Gasteiger partial charge is 0.0588 e. The molecule has 3 nitrogen and oxygen atoms in total. The maximum atomic E-state index is 5.59. The number of rotatable bonds is 5. The normalized spacial score (nSPS) is 26.0. The molecule has 0 aromatic carbocycles. The largest absolute Gasteiger partial charge is 0.378 e. The average Bonchev–Trinajstić information content (AvgIpc) is 2.49. The maximum Gasteiger partial charge on any atom is 0.0588 e. The van der Waals surface area contributed by atoms with E-state index in [4.69, 9.17) is 10.5 Å². The molecular formula is C9H20N2O. The minimum atomic E-state index is 0.259. The van der Waals surface area contributed by atoms with Crippen molar-refractivity contribution in [3.05, 3.63) is 0 Å². The summed E-state index contributed by atoms with van der Waals surface area (Å²) in [4.78, 5) is 0. The van der Waals surface area contributed by atoms with Crippen molar-refractivity contribution >= 4 is 0 Å². The van der Waals surface area contributed by atoms with Gasteiger partial charge in [0.1, 0.15) is 0 Å². The van der Waals surface area contributed by atoms with Crippen LogP contribution in [0.5, 0.6) is 0 Å². The van der Waals surface area contributed by atoms with Crippen LogP contribution in [0.25, 0.3) is 0 Å². The zero-order valence-electron chi connectivity index (χ0n) is 7.88. The van der Waals surface area contributed by atoms with E-state index >= 15 is 0 Å². The number of ether oxygens (including phenoxy) is 1. The molecule has 0 spiro atoms. The predicted molar refractivity (Wildman–Crippen MR) is 50.1 cm³/mol. The Balaban J connectivity index is 1.88. The monoisotopic (exact) mass is 172 g/mol. The molecule has 12 heavy (non-hydrogen) atoms. The zero-order valence-corrected chi connectivity index (χ0v) is 7.88. The highest BCUT2D eigenvalue weighted by Gasteiger charge is 2.14. The minimum absolute atomic E-state index is 0.259. The molecule has 0 aliphatic carbocycles. The van der Waals surface area contributed by atoms with Crippen LogP contribution in [0.1, 0.15) is 26.2 Å². The first-order valence-corrected chi connectivity index (χ1v) is 4.87. The molecule has 1 rings (SSSR count). The van der Waals surface area contributed by atoms with Crippen molar-refractivity contribution in [1.29, 1.82) is 0 Å². The second kappa shape index (κ2) is 5.51. The zero-order chi connectivity index (χ0) is 8.81. The fourth-order valence-corrected chi connectivity index (χ4v) is 1.46. The van der Waals surface area contributed by atoms with Gasteiger partial charge in [0.25, 0.3) is 0 Å². The summed E-state index contributed by atoms with van der Waals surface area (Å²) in [5.74, 6) is 0. The van der Waals surface area contributed by atoms with Crippen molar-refractivity contribution < 1.29 is 4.74 Å². The third-order valence-corrected chi connectivity index (χ3v) is 2.13. The van der Waals surface area contributed by atoms with Crippen LogP contribution in [-0.2, 0) is 4.74 Å². The fourth-order valence-electron chi connectivity index (χ4n) is 1.46. The second-order valence-corrected chi connectivity index (χ2v) is 3.61. The first-order chi connectivity index (χ1) is 5.79. The van der Waals surface area contributed by atoms with Gasteiger partial charge in [-0.2, -0.15) is 0 Å². The van der Waals surface area contributed by atoms with Gasteiger partial charge in [0.2, 0.25) is 0 Å². The van der Waals surface area contributed by atoms with Gasteiger partial charge in [-0.1, -0.05) is 0 Å². The highest BCUT2D eigenvalue weighted by atomic mass is 16.5. The van der Waals surface area contributed by atoms with Gasteiger partial charge in [-0.15, -0.1) is 0 Å². The van der Waals surface area contributed by atoms with Crippen LogP contribution >= 0.6 is 0 Å². The molecule has 1 aliphatic heterocycles. The maximum absolute atomic E-state index is 5.59. The Kier molecular flexibility index (Phi) is 4.58. The SMILES string of the molecule is CC(N)CNCCC1CCCO1. The molecular weight excluding hydrogens is 152 g/mol. The summed E-state index contributed by atoms with van der Waals surface area (Å²) in [6.45, 7) is 4.91. The summed E-state index contributed by atoms with van der Waals surface area (Å²) in [7, 11) is 0. The summed E-state index contributed by atoms with van der Waals surface area (Å²) < 4.78 is 5.49. The second-order valence-electron chi connectivity index (χ2n) is 3.61. The van der Waals surface area contributed by atoms with Crippen molar-refractivity contribution in [3.8, 4) is 0 Å². The van der Waals surface area contributed by atoms with E-state index in [-0.39, 0.29) is 6.04 Å². The lowest BCUT2D eigenvalue weighted by Gasteiger charge is -2.11. The predicted octanol–water partition coefficient (Wildman–Crippen LogP) is 0.492. The molecule has 72 valence electrons. The van der Waals surface area contributed by atoms with Gasteiger partial charge in [0, 0.05) is 19.2 Å². The topological polar surface area (TPSA) is 47.3 Å². The lowest BCUT2D eigenvalue weighted by molar-refractivity contribution is 0.104. The molecule has 2 atom stereocenters. The van der Waals surface area contributed by atoms with E-state index < -0.39 is 0 Å². The van der Waals surface area contributed by atoms with Crippen molar-refractivity contribution in [3.63, 3.8) is 0 Å². The number of hydrogen-bond donors (Lipinski definition) is 2. The standard InChI is InChI=1S/C9H20N2O/c1-8(10)7-11-5-4-9-3-2-6-12-9/h8-9,11H,2-7,10H2,1H3. The molecule has 0 bridgehead atoms. The molecule has 0 radical (unpaired) electrons. The summed E-state index contributed by atoms with van der Waals surface area (Å²) in [6.07, 6.45) is 4.11. The Bertz CT molecular complexity index is 111. The average molecular weight is 172 g/mol. The van der Waals surface area contributed by atoms with Crippen LogP contribution in [0.2, 0.25) is 0 Å². The van der Waals surface area contributed by atoms with E-state index in [0.717, 1.165) is 26.1 Å². The summed E-state index contributed by atoms with van der Waals surface area (Å²) in [5, 5.41) is 3.31. The van der Waals surface area contributed by atoms with Gasteiger partial charge >= 0.3 is 0 Å². The number of nitrogens with one attached hydrogen (secondary N) is 1. The Morgan fingerprint density at radius 1 is 1.67 bits per heavy atom. The van der Waals surface area contributed by atoms with E-state index in [0.29, 0.717) is 6.10 Å². The summed E-state index contributed by atoms with van der Waals surface area (Å²) >= 11 is 0. The molecule has 1 heterocycles. The molecule has 1 fully saturated rings. The van der Waals surface area contributed by atoms with Crippen molar-refractivity contribution in [2.24, 2.45) is 5.73 Å². The van der Waals surface area contributed by atoms with Crippen LogP contribution in [-0.4, -0.2) is 31.8 Å². The molecule has 3 N–H and O–H groups in total. The number of hydrogen-bond acceptors (Lipinski definition) is 3. The molecule has 0 aromatic heterocycles. The van der Waals surface area contributed by atoms with Crippen molar-refractivity contribution in [1.82, 2.24) is 5.32 Å². The third kappa shape index (κ3) is 4.04. The molecule has 2 unspecified atom stereocenters. The Morgan fingerprint density at radius 3 is 3.08 bits per heavy atom. The number of nitrogens with two attached hydrogens (primary N) is 1. The molecule has 1 saturated heterocycles. The lowest BCUT2D eigenvalue weighted by atomic mass is 10.2. The quantitative estimate of drug-likeness (QED) is 0.593. The van der Waals surface area contributed by atoms with Crippen LogP contribution in [0.3, 0.4) is 0 Å². The first-order valence-electron chi connectivity index (χ1n) is 4.87. The van der Waals surface area contributed by atoms with Gasteiger partial charge in [0.05, 0.1) is 6.10 Å². The van der Waals surface area contributed by atoms with Crippen LogP contribution < -0.4 is 11.1 Å². The Labute approximate surface area is 74.7 Å². The van der Waals surface area contributed by atoms with Gasteiger partial charge in [-0.05, 0) is 32.7 Å². The van der Waals surface area contributed by atoms with Gasteiger partial charge in [-0.25, -0.2) is 0 Å². The minimum Gasteiger partial charge on any atom is -0.378 e. The van der Waals surface area contributed by atoms with Crippen LogP contribution in [0, 0.1) is 0 Å². The van der Waals surface area contributed by atoms with E-state index in [1.54, 1.807) is 0 Å². The van der Waals surface area contributed by atoms with Gasteiger partial charge in [-0.3, -0.25) is 0 Å². The highest BCUT2D eigenvalue weighted by molar-refractivity contribution is 4.66. The summed E-state index contributed by atoms with van der Waals surface area (Å²) in [5.41, 5.74) is 5.59. The Morgan fingerprint density at radius 2 is 2.50 bits per heavy atom. The Hall–Kier alpha value is -0.120. The van der Waals surface area contributed by atoms with E-state index in [1.165, 1.54) is 12.8 Å². The van der Waals surface area contributed by atoms with Crippen LogP contribution in [0.4, 0.5) is 0 Å². The molecule has 3 heteroatoms. The summed E-state index contributed by atoms with van der Waals surface area (Å²) in [6, 6.07) is 0.259. The first kappa shape index (κ1) is 9.96. The van der Waals surface area contributed by atoms with Crippen molar-refractivity contribution in [2.45, 2.75) is 38.3 Å². The van der Waals surface area contributed by atoms with Gasteiger partial charge in [0.15, 0.2) is 0 Å². The van der Waals surface area contributed by atoms with Crippen LogP contribution in [0.15, 0.2) is 0 Å². The van der Waals surface area contributed by atoms with Crippen molar-refractivity contribution in [2.75, 3.05) is 19.7 Å². The lowest BCUT2D eigenvalue weighted by Crippen LogP contribution is -2.32. The molecule has 0 amide bonds. The van der Waals surface area contributed by atoms with E-state index in [2.05, 4.69) is 5.32 Å². The highest BCUT2D eigenvalue weighted by Crippen LogP contribution is 2.14. The van der Waals surface area contributed by atoms with E-state index in [9.17, 15) is 0 Å². The van der Waals surface area contributed by atoms with Gasteiger partial charge < -0.3 is 15.8 Å². The molecule has 0 aromatic rings. The molecule has 0 saturated carbocycles. The molecule has 1 aliphatic rings. The fraction of sp³-hybridized carbons (Fsp3) is 1.00.